The number of hydrogen-bond acceptors (Lipinski definition) is 6. The van der Waals surface area contributed by atoms with Gasteiger partial charge in [0.1, 0.15) is 0 Å². The van der Waals surface area contributed by atoms with E-state index in [4.69, 9.17) is 10.3 Å². The summed E-state index contributed by atoms with van der Waals surface area (Å²) in [6.07, 6.45) is 1.69. The van der Waals surface area contributed by atoms with Crippen LogP contribution < -0.4 is 5.73 Å². The monoisotopic (exact) mass is 196 g/mol. The maximum atomic E-state index is 5.57. The van der Waals surface area contributed by atoms with E-state index in [1.807, 2.05) is 0 Å². The van der Waals surface area contributed by atoms with Crippen molar-refractivity contribution in [2.75, 3.05) is 0 Å². The number of aromatic nitrogens is 3. The molecule has 0 aromatic carbocycles. The normalized spacial score (nSPS) is 13.1. The number of thiazole rings is 1. The summed E-state index contributed by atoms with van der Waals surface area (Å²) in [6, 6.07) is -0.228. The van der Waals surface area contributed by atoms with Gasteiger partial charge in [0.2, 0.25) is 11.7 Å². The highest BCUT2D eigenvalue weighted by molar-refractivity contribution is 7.13. The molecule has 2 N–H and O–H groups in total. The zero-order chi connectivity index (χ0) is 9.26. The second-order valence-electron chi connectivity index (χ2n) is 2.61. The van der Waals surface area contributed by atoms with Crippen LogP contribution in [0.1, 0.15) is 18.9 Å². The molecule has 2 heterocycles. The smallest absolute Gasteiger partial charge is 0.243 e. The Hall–Kier alpha value is -1.27. The molecule has 5 nitrogen and oxygen atoms in total. The first-order chi connectivity index (χ1) is 6.27. The molecule has 0 amide bonds. The minimum absolute atomic E-state index is 0.228. The molecular formula is C7H8N4OS. The van der Waals surface area contributed by atoms with Gasteiger partial charge in [-0.25, -0.2) is 0 Å². The molecule has 1 atom stereocenters. The molecule has 0 saturated carbocycles. The molecule has 2 aromatic heterocycles. The Morgan fingerprint density at radius 2 is 2.46 bits per heavy atom. The van der Waals surface area contributed by atoms with Gasteiger partial charge >= 0.3 is 0 Å². The van der Waals surface area contributed by atoms with Crippen molar-refractivity contribution in [1.29, 1.82) is 0 Å². The van der Waals surface area contributed by atoms with Crippen LogP contribution in [0.4, 0.5) is 0 Å². The molecule has 0 unspecified atom stereocenters. The second-order valence-corrected chi connectivity index (χ2v) is 3.50. The fraction of sp³-hybridized carbons (Fsp3) is 0.286. The van der Waals surface area contributed by atoms with Gasteiger partial charge in [-0.2, -0.15) is 4.98 Å². The Bertz CT molecular complexity index is 381. The van der Waals surface area contributed by atoms with Gasteiger partial charge in [0.05, 0.1) is 16.4 Å². The molecule has 6 heteroatoms. The fourth-order valence-electron chi connectivity index (χ4n) is 0.846. The van der Waals surface area contributed by atoms with Crippen molar-refractivity contribution in [2.45, 2.75) is 13.0 Å². The van der Waals surface area contributed by atoms with Crippen molar-refractivity contribution in [3.05, 3.63) is 17.6 Å². The van der Waals surface area contributed by atoms with E-state index < -0.39 is 0 Å². The highest BCUT2D eigenvalue weighted by Gasteiger charge is 2.12. The Morgan fingerprint density at radius 1 is 1.62 bits per heavy atom. The number of hydrogen-bond donors (Lipinski definition) is 1. The standard InChI is InChI=1S/C7H8N4OS/c1-4(8)7-10-6(11-12-7)5-2-9-3-13-5/h2-4H,8H2,1H3/t4-/m1/s1. The number of rotatable bonds is 2. The summed E-state index contributed by atoms with van der Waals surface area (Å²) in [5.41, 5.74) is 7.29. The Kier molecular flexibility index (Phi) is 2.07. The van der Waals surface area contributed by atoms with Crippen LogP contribution in [0.3, 0.4) is 0 Å². The molecule has 0 radical (unpaired) electrons. The van der Waals surface area contributed by atoms with E-state index in [9.17, 15) is 0 Å². The van der Waals surface area contributed by atoms with Crippen LogP contribution in [0.25, 0.3) is 10.7 Å². The highest BCUT2D eigenvalue weighted by atomic mass is 32.1. The predicted octanol–water partition coefficient (Wildman–Crippen LogP) is 1.21. The van der Waals surface area contributed by atoms with Crippen molar-refractivity contribution < 1.29 is 4.52 Å². The molecule has 2 aromatic rings. The van der Waals surface area contributed by atoms with E-state index >= 15 is 0 Å². The third-order valence-electron chi connectivity index (χ3n) is 1.48. The van der Waals surface area contributed by atoms with Crippen molar-refractivity contribution in [1.82, 2.24) is 15.1 Å². The lowest BCUT2D eigenvalue weighted by atomic mass is 10.4. The first-order valence-corrected chi connectivity index (χ1v) is 4.63. The van der Waals surface area contributed by atoms with Gasteiger partial charge in [0, 0.05) is 6.20 Å². The molecular weight excluding hydrogens is 188 g/mol. The largest absolute Gasteiger partial charge is 0.337 e. The predicted molar refractivity (Wildman–Crippen MR) is 48.0 cm³/mol. The van der Waals surface area contributed by atoms with Crippen LogP contribution in [0.2, 0.25) is 0 Å². The van der Waals surface area contributed by atoms with Gasteiger partial charge in [-0.1, -0.05) is 5.16 Å². The van der Waals surface area contributed by atoms with Gasteiger partial charge in [0.15, 0.2) is 0 Å². The average Bonchev–Trinajstić information content (AvgIpc) is 2.75. The zero-order valence-electron chi connectivity index (χ0n) is 6.97. The minimum atomic E-state index is -0.228. The van der Waals surface area contributed by atoms with Crippen molar-refractivity contribution in [3.63, 3.8) is 0 Å². The molecule has 68 valence electrons. The Labute approximate surface area is 78.6 Å². The quantitative estimate of drug-likeness (QED) is 0.781. The van der Waals surface area contributed by atoms with Crippen LogP contribution in [0.15, 0.2) is 16.2 Å². The second kappa shape index (κ2) is 3.23. The van der Waals surface area contributed by atoms with Gasteiger partial charge < -0.3 is 10.3 Å². The van der Waals surface area contributed by atoms with E-state index in [0.29, 0.717) is 11.7 Å². The molecule has 2 rings (SSSR count). The van der Waals surface area contributed by atoms with E-state index in [1.54, 1.807) is 18.6 Å². The van der Waals surface area contributed by atoms with Crippen molar-refractivity contribution >= 4 is 11.3 Å². The van der Waals surface area contributed by atoms with E-state index in [1.165, 1.54) is 11.3 Å². The minimum Gasteiger partial charge on any atom is -0.337 e. The Balaban J connectivity index is 2.33. The van der Waals surface area contributed by atoms with Crippen LogP contribution in [-0.4, -0.2) is 15.1 Å². The highest BCUT2D eigenvalue weighted by Crippen LogP contribution is 2.20. The number of nitrogens with zero attached hydrogens (tertiary/aromatic N) is 3. The lowest BCUT2D eigenvalue weighted by Gasteiger charge is -1.92. The lowest BCUT2D eigenvalue weighted by molar-refractivity contribution is 0.362. The lowest BCUT2D eigenvalue weighted by Crippen LogP contribution is -2.04. The summed E-state index contributed by atoms with van der Waals surface area (Å²) in [5, 5.41) is 3.78. The van der Waals surface area contributed by atoms with Crippen LogP contribution in [0, 0.1) is 0 Å². The molecule has 0 fully saturated rings. The summed E-state index contributed by atoms with van der Waals surface area (Å²) in [7, 11) is 0. The summed E-state index contributed by atoms with van der Waals surface area (Å²) in [5.74, 6) is 0.998. The summed E-state index contributed by atoms with van der Waals surface area (Å²) >= 11 is 1.46. The zero-order valence-corrected chi connectivity index (χ0v) is 7.78. The first-order valence-electron chi connectivity index (χ1n) is 3.75. The third kappa shape index (κ3) is 1.58. The molecule has 13 heavy (non-hydrogen) atoms. The average molecular weight is 196 g/mol. The van der Waals surface area contributed by atoms with Crippen LogP contribution in [-0.2, 0) is 0 Å². The SMILES string of the molecule is C[C@@H](N)c1nc(-c2cncs2)no1. The molecule has 0 saturated heterocycles. The van der Waals surface area contributed by atoms with Gasteiger partial charge in [-0.3, -0.25) is 4.98 Å². The van der Waals surface area contributed by atoms with Crippen LogP contribution >= 0.6 is 11.3 Å². The fourth-order valence-corrected chi connectivity index (χ4v) is 1.39. The molecule has 0 aliphatic carbocycles. The van der Waals surface area contributed by atoms with Gasteiger partial charge in [0.25, 0.3) is 0 Å². The van der Waals surface area contributed by atoms with Gasteiger partial charge in [-0.05, 0) is 6.92 Å². The van der Waals surface area contributed by atoms with Crippen LogP contribution in [0.5, 0.6) is 0 Å². The summed E-state index contributed by atoms with van der Waals surface area (Å²) in [6.45, 7) is 1.80. The van der Waals surface area contributed by atoms with Crippen molar-refractivity contribution in [2.24, 2.45) is 5.73 Å². The maximum Gasteiger partial charge on any atom is 0.243 e. The van der Waals surface area contributed by atoms with E-state index in [0.717, 1.165) is 4.88 Å². The summed E-state index contributed by atoms with van der Waals surface area (Å²) < 4.78 is 4.94. The summed E-state index contributed by atoms with van der Waals surface area (Å²) in [4.78, 5) is 8.92. The Morgan fingerprint density at radius 3 is 3.00 bits per heavy atom. The number of nitrogens with two attached hydrogens (primary N) is 1. The molecule has 0 aliphatic rings. The first kappa shape index (κ1) is 8.33. The van der Waals surface area contributed by atoms with Gasteiger partial charge in [-0.15, -0.1) is 11.3 Å². The van der Waals surface area contributed by atoms with Crippen molar-refractivity contribution in [3.8, 4) is 10.7 Å². The molecule has 0 spiro atoms. The third-order valence-corrected chi connectivity index (χ3v) is 2.25. The topological polar surface area (TPSA) is 77.8 Å². The van der Waals surface area contributed by atoms with E-state index in [2.05, 4.69) is 15.1 Å². The molecule has 0 aliphatic heterocycles. The van der Waals surface area contributed by atoms with E-state index in [-0.39, 0.29) is 6.04 Å². The maximum absolute atomic E-state index is 5.57. The molecule has 0 bridgehead atoms.